The normalized spacial score (nSPS) is 13.1. The van der Waals surface area contributed by atoms with Crippen molar-refractivity contribution in [3.8, 4) is 0 Å². The van der Waals surface area contributed by atoms with Gasteiger partial charge in [-0.3, -0.25) is 4.21 Å². The zero-order valence-corrected chi connectivity index (χ0v) is 9.10. The summed E-state index contributed by atoms with van der Waals surface area (Å²) in [7, 11) is -1.13. The number of hydrogen-bond acceptors (Lipinski definition) is 2. The van der Waals surface area contributed by atoms with Crippen LogP contribution in [0.3, 0.4) is 0 Å². The minimum absolute atomic E-state index is 0.0929. The van der Waals surface area contributed by atoms with Crippen molar-refractivity contribution in [1.29, 1.82) is 0 Å². The first kappa shape index (κ1) is 11.2. The van der Waals surface area contributed by atoms with E-state index in [1.54, 1.807) is 6.07 Å². The van der Waals surface area contributed by atoms with E-state index >= 15 is 0 Å². The molecule has 1 aromatic rings. The highest BCUT2D eigenvalue weighted by Crippen LogP contribution is 2.16. The number of hydrogen-bond donors (Lipinski definition) is 1. The molecule has 14 heavy (non-hydrogen) atoms. The maximum atomic E-state index is 13.0. The SMILES string of the molecule is CC(C)CS(=O)c1ccc(N)c(F)c1. The molecule has 1 atom stereocenters. The fraction of sp³-hybridized carbons (Fsp3) is 0.400. The molecule has 0 heterocycles. The van der Waals surface area contributed by atoms with Gasteiger partial charge in [0.15, 0.2) is 0 Å². The molecular weight excluding hydrogens is 201 g/mol. The zero-order chi connectivity index (χ0) is 10.7. The molecule has 0 saturated heterocycles. The van der Waals surface area contributed by atoms with Crippen LogP contribution in [0.2, 0.25) is 0 Å². The van der Waals surface area contributed by atoms with Crippen LogP contribution in [-0.4, -0.2) is 9.96 Å². The highest BCUT2D eigenvalue weighted by molar-refractivity contribution is 7.85. The van der Waals surface area contributed by atoms with Crippen molar-refractivity contribution >= 4 is 16.5 Å². The van der Waals surface area contributed by atoms with Crippen molar-refractivity contribution in [2.75, 3.05) is 11.5 Å². The van der Waals surface area contributed by atoms with Gasteiger partial charge in [-0.2, -0.15) is 0 Å². The summed E-state index contributed by atoms with van der Waals surface area (Å²) in [6.07, 6.45) is 0. The van der Waals surface area contributed by atoms with E-state index < -0.39 is 16.6 Å². The number of nitrogen functional groups attached to an aromatic ring is 1. The third-order valence-corrected chi connectivity index (χ3v) is 3.47. The van der Waals surface area contributed by atoms with Gasteiger partial charge in [0, 0.05) is 10.6 Å². The second-order valence-corrected chi connectivity index (χ2v) is 5.09. The zero-order valence-electron chi connectivity index (χ0n) is 8.29. The van der Waals surface area contributed by atoms with Crippen LogP contribution in [0, 0.1) is 11.7 Å². The summed E-state index contributed by atoms with van der Waals surface area (Å²) in [5, 5.41) is 0. The van der Waals surface area contributed by atoms with Gasteiger partial charge in [0.05, 0.1) is 16.5 Å². The maximum absolute atomic E-state index is 13.0. The predicted molar refractivity (Wildman–Crippen MR) is 56.9 cm³/mol. The van der Waals surface area contributed by atoms with Gasteiger partial charge in [-0.15, -0.1) is 0 Å². The van der Waals surface area contributed by atoms with Gasteiger partial charge >= 0.3 is 0 Å². The van der Waals surface area contributed by atoms with E-state index in [0.717, 1.165) is 0 Å². The summed E-state index contributed by atoms with van der Waals surface area (Å²) >= 11 is 0. The van der Waals surface area contributed by atoms with Gasteiger partial charge in [-0.05, 0) is 24.1 Å². The average Bonchev–Trinajstić information content (AvgIpc) is 2.08. The maximum Gasteiger partial charge on any atom is 0.147 e. The first-order chi connectivity index (χ1) is 6.50. The average molecular weight is 215 g/mol. The minimum atomic E-state index is -1.13. The van der Waals surface area contributed by atoms with Crippen molar-refractivity contribution in [2.45, 2.75) is 18.7 Å². The summed E-state index contributed by atoms with van der Waals surface area (Å²) in [6, 6.07) is 4.30. The molecule has 0 radical (unpaired) electrons. The van der Waals surface area contributed by atoms with E-state index in [9.17, 15) is 8.60 Å². The number of halogens is 1. The Kier molecular flexibility index (Phi) is 3.63. The second-order valence-electron chi connectivity index (χ2n) is 3.59. The Morgan fingerprint density at radius 2 is 2.14 bits per heavy atom. The monoisotopic (exact) mass is 215 g/mol. The van der Waals surface area contributed by atoms with Gasteiger partial charge < -0.3 is 5.73 Å². The molecule has 0 aliphatic rings. The summed E-state index contributed by atoms with van der Waals surface area (Å²) in [5.74, 6) is 0.375. The van der Waals surface area contributed by atoms with Crippen LogP contribution in [0.1, 0.15) is 13.8 Å². The van der Waals surface area contributed by atoms with Gasteiger partial charge in [-0.1, -0.05) is 13.8 Å². The summed E-state index contributed by atoms with van der Waals surface area (Å²) in [5.41, 5.74) is 5.41. The summed E-state index contributed by atoms with van der Waals surface area (Å²) in [6.45, 7) is 3.96. The fourth-order valence-corrected chi connectivity index (χ4v) is 2.30. The van der Waals surface area contributed by atoms with Gasteiger partial charge in [-0.25, -0.2) is 4.39 Å². The van der Waals surface area contributed by atoms with E-state index in [1.165, 1.54) is 12.1 Å². The minimum Gasteiger partial charge on any atom is -0.396 e. The number of nitrogens with two attached hydrogens (primary N) is 1. The summed E-state index contributed by atoms with van der Waals surface area (Å²) < 4.78 is 24.6. The second kappa shape index (κ2) is 4.55. The highest BCUT2D eigenvalue weighted by Gasteiger charge is 2.08. The van der Waals surface area contributed by atoms with Crippen LogP contribution in [-0.2, 0) is 10.8 Å². The van der Waals surface area contributed by atoms with E-state index in [0.29, 0.717) is 16.6 Å². The van der Waals surface area contributed by atoms with Crippen LogP contribution in [0.15, 0.2) is 23.1 Å². The molecule has 1 aromatic carbocycles. The third kappa shape index (κ3) is 2.80. The van der Waals surface area contributed by atoms with Crippen LogP contribution in [0.5, 0.6) is 0 Å². The fourth-order valence-electron chi connectivity index (χ4n) is 1.05. The largest absolute Gasteiger partial charge is 0.396 e. The third-order valence-electron chi connectivity index (χ3n) is 1.72. The Hall–Kier alpha value is -0.900. The Bertz CT molecular complexity index is 352. The molecule has 2 N–H and O–H groups in total. The van der Waals surface area contributed by atoms with E-state index in [4.69, 9.17) is 5.73 Å². The molecule has 0 amide bonds. The molecule has 1 unspecified atom stereocenters. The van der Waals surface area contributed by atoms with Crippen LogP contribution in [0.4, 0.5) is 10.1 Å². The molecule has 78 valence electrons. The summed E-state index contributed by atoms with van der Waals surface area (Å²) in [4.78, 5) is 0.505. The molecule has 0 aromatic heterocycles. The molecule has 1 rings (SSSR count). The lowest BCUT2D eigenvalue weighted by molar-refractivity contribution is 0.626. The standard InChI is InChI=1S/C10H14FNOS/c1-7(2)6-14(13)8-3-4-10(12)9(11)5-8/h3-5,7H,6,12H2,1-2H3. The Balaban J connectivity index is 2.86. The molecule has 0 spiro atoms. The molecule has 0 aliphatic carbocycles. The van der Waals surface area contributed by atoms with Gasteiger partial charge in [0.25, 0.3) is 0 Å². The smallest absolute Gasteiger partial charge is 0.147 e. The lowest BCUT2D eigenvalue weighted by Gasteiger charge is -2.05. The van der Waals surface area contributed by atoms with Crippen molar-refractivity contribution < 1.29 is 8.60 Å². The molecule has 0 fully saturated rings. The Morgan fingerprint density at radius 3 is 2.64 bits per heavy atom. The Labute approximate surface area is 85.8 Å². The lowest BCUT2D eigenvalue weighted by Crippen LogP contribution is -2.05. The molecule has 2 nitrogen and oxygen atoms in total. The lowest BCUT2D eigenvalue weighted by atomic mass is 10.3. The predicted octanol–water partition coefficient (Wildman–Crippen LogP) is 2.17. The number of benzene rings is 1. The molecular formula is C10H14FNOS. The molecule has 4 heteroatoms. The van der Waals surface area contributed by atoms with E-state index in [2.05, 4.69) is 0 Å². The van der Waals surface area contributed by atoms with Crippen molar-refractivity contribution in [2.24, 2.45) is 5.92 Å². The topological polar surface area (TPSA) is 43.1 Å². The van der Waals surface area contributed by atoms with Crippen molar-refractivity contribution in [1.82, 2.24) is 0 Å². The van der Waals surface area contributed by atoms with E-state index in [-0.39, 0.29) is 5.69 Å². The first-order valence-corrected chi connectivity index (χ1v) is 5.76. The number of rotatable bonds is 3. The van der Waals surface area contributed by atoms with Gasteiger partial charge in [0.1, 0.15) is 5.82 Å². The first-order valence-electron chi connectivity index (χ1n) is 4.44. The molecule has 0 aliphatic heterocycles. The van der Waals surface area contributed by atoms with Crippen molar-refractivity contribution in [3.63, 3.8) is 0 Å². The van der Waals surface area contributed by atoms with Crippen LogP contribution >= 0.6 is 0 Å². The Morgan fingerprint density at radius 1 is 1.50 bits per heavy atom. The van der Waals surface area contributed by atoms with Crippen molar-refractivity contribution in [3.05, 3.63) is 24.0 Å². The van der Waals surface area contributed by atoms with Crippen LogP contribution in [0.25, 0.3) is 0 Å². The molecule has 0 bridgehead atoms. The van der Waals surface area contributed by atoms with Gasteiger partial charge in [0.2, 0.25) is 0 Å². The van der Waals surface area contributed by atoms with Crippen LogP contribution < -0.4 is 5.73 Å². The molecule has 0 saturated carbocycles. The quantitative estimate of drug-likeness (QED) is 0.785. The van der Waals surface area contributed by atoms with E-state index in [1.807, 2.05) is 13.8 Å². The highest BCUT2D eigenvalue weighted by atomic mass is 32.2. The number of anilines is 1.